The molecule has 0 atom stereocenters. The Bertz CT molecular complexity index is 2270. The molecule has 0 saturated heterocycles. The number of rotatable bonds is 5. The van der Waals surface area contributed by atoms with Crippen LogP contribution in [0.25, 0.3) is 16.0 Å². The molecule has 2 aromatic heterocycles. The van der Waals surface area contributed by atoms with Crippen LogP contribution in [0, 0.1) is 32.6 Å². The van der Waals surface area contributed by atoms with Crippen molar-refractivity contribution in [3.8, 4) is 22.6 Å². The summed E-state index contributed by atoms with van der Waals surface area (Å²) in [6, 6.07) is 15.2. The van der Waals surface area contributed by atoms with Crippen molar-refractivity contribution in [2.45, 2.75) is 65.7 Å². The van der Waals surface area contributed by atoms with E-state index < -0.39 is 6.04 Å². The molecule has 0 amide bonds. The van der Waals surface area contributed by atoms with Crippen molar-refractivity contribution in [3.63, 3.8) is 0 Å². The van der Waals surface area contributed by atoms with Crippen molar-refractivity contribution in [1.29, 1.82) is 0 Å². The predicted molar refractivity (Wildman–Crippen MR) is 190 cm³/mol. The van der Waals surface area contributed by atoms with Gasteiger partial charge in [-0.2, -0.15) is 6.07 Å². The molecule has 244 valence electrons. The molecule has 48 heavy (non-hydrogen) atoms. The number of ether oxygens (including phenoxy) is 1. The van der Waals surface area contributed by atoms with E-state index in [4.69, 9.17) is 28.1 Å². The molecule has 0 spiro atoms. The van der Waals surface area contributed by atoms with Crippen molar-refractivity contribution >= 4 is 28.7 Å². The fourth-order valence-corrected chi connectivity index (χ4v) is 6.44. The third kappa shape index (κ3) is 6.37. The first-order valence-electron chi connectivity index (χ1n) is 18.5. The third-order valence-electron chi connectivity index (χ3n) is 9.13. The molecule has 2 aliphatic heterocycles. The molecule has 6 nitrogen and oxygen atoms in total. The van der Waals surface area contributed by atoms with E-state index in [-0.39, 0.29) is 56.2 Å². The van der Waals surface area contributed by atoms with Gasteiger partial charge in [-0.1, -0.05) is 75.2 Å². The van der Waals surface area contributed by atoms with Crippen molar-refractivity contribution in [2.24, 2.45) is 0 Å². The molecule has 3 aromatic carbocycles. The van der Waals surface area contributed by atoms with Crippen molar-refractivity contribution < 1.29 is 32.7 Å². The summed E-state index contributed by atoms with van der Waals surface area (Å²) in [5, 5.41) is 0. The van der Waals surface area contributed by atoms with Crippen LogP contribution in [0.15, 0.2) is 72.9 Å². The van der Waals surface area contributed by atoms with Gasteiger partial charge in [-0.05, 0) is 66.5 Å². The number of aromatic nitrogens is 2. The van der Waals surface area contributed by atoms with Gasteiger partial charge in [-0.15, -0.1) is 35.4 Å². The standard InChI is InChI=1S/C41H39N5O.Pt/c1-27-28(2)40(44-26-35(27)29-12-8-7-9-13-29)46-21-11-15-34-36(42-6)23-33(25-38(34)46)47-32-17-16-30-14-10-20-45(37(30)24-32)39-22-31(18-19-43-39)41(3,4)5;/h7-9,12-13,16-19,22-23,26H,10-11,14-15,20-21H2,1-5H3;/q-2;+2/i7D,8D,9D,12D,13D;. The molecule has 0 N–H and O–H groups in total. The van der Waals surface area contributed by atoms with Gasteiger partial charge in [0, 0.05) is 42.5 Å². The quantitative estimate of drug-likeness (QED) is 0.165. The van der Waals surface area contributed by atoms with Crippen molar-refractivity contribution in [3.05, 3.63) is 124 Å². The summed E-state index contributed by atoms with van der Waals surface area (Å²) in [6.45, 7) is 19.9. The van der Waals surface area contributed by atoms with Crippen LogP contribution in [0.5, 0.6) is 11.5 Å². The van der Waals surface area contributed by atoms with Crippen LogP contribution in [0.2, 0.25) is 0 Å². The molecule has 7 rings (SSSR count). The second-order valence-electron chi connectivity index (χ2n) is 13.2. The largest absolute Gasteiger partial charge is 2.00 e. The zero-order valence-corrected chi connectivity index (χ0v) is 30.0. The fraction of sp³-hybridized carbons (Fsp3) is 0.293. The van der Waals surface area contributed by atoms with Crippen LogP contribution in [0.3, 0.4) is 0 Å². The van der Waals surface area contributed by atoms with E-state index in [1.165, 1.54) is 11.1 Å². The monoisotopic (exact) mass is 817 g/mol. The van der Waals surface area contributed by atoms with Crippen molar-refractivity contribution in [1.82, 2.24) is 9.97 Å². The summed E-state index contributed by atoms with van der Waals surface area (Å²) < 4.78 is 47.8. The van der Waals surface area contributed by atoms with Gasteiger partial charge in [0.15, 0.2) is 0 Å². The maximum atomic E-state index is 8.52. The fourth-order valence-electron chi connectivity index (χ4n) is 6.44. The van der Waals surface area contributed by atoms with Crippen molar-refractivity contribution in [2.75, 3.05) is 22.9 Å². The molecule has 0 aliphatic carbocycles. The average molecular weight is 818 g/mol. The van der Waals surface area contributed by atoms with Gasteiger partial charge in [-0.3, -0.25) is 4.85 Å². The smallest absolute Gasteiger partial charge is 0.510 e. The minimum Gasteiger partial charge on any atom is -0.510 e. The molecule has 5 aromatic rings. The predicted octanol–water partition coefficient (Wildman–Crippen LogP) is 10.2. The number of fused-ring (bicyclic) bond motifs is 2. The van der Waals surface area contributed by atoms with Gasteiger partial charge in [0.2, 0.25) is 0 Å². The zero-order valence-electron chi connectivity index (χ0n) is 32.7. The van der Waals surface area contributed by atoms with E-state index in [9.17, 15) is 0 Å². The third-order valence-corrected chi connectivity index (χ3v) is 9.13. The van der Waals surface area contributed by atoms with Crippen LogP contribution in [-0.4, -0.2) is 23.1 Å². The van der Waals surface area contributed by atoms with Gasteiger partial charge in [0.1, 0.15) is 11.6 Å². The molecule has 2 aliphatic rings. The maximum absolute atomic E-state index is 8.52. The number of pyridine rings is 2. The molecule has 0 radical (unpaired) electrons. The Balaban J connectivity index is 0.00000481. The number of benzene rings is 3. The molecule has 0 unspecified atom stereocenters. The van der Waals surface area contributed by atoms with E-state index >= 15 is 0 Å². The summed E-state index contributed by atoms with van der Waals surface area (Å²) in [5.74, 6) is 2.44. The maximum Gasteiger partial charge on any atom is 2.00 e. The van der Waals surface area contributed by atoms with Crippen LogP contribution in [0.1, 0.15) is 68.3 Å². The summed E-state index contributed by atoms with van der Waals surface area (Å²) in [6.07, 6.45) is 6.89. The Morgan fingerprint density at radius 3 is 2.42 bits per heavy atom. The van der Waals surface area contributed by atoms with Gasteiger partial charge in [-0.25, -0.2) is 9.97 Å². The van der Waals surface area contributed by atoms with Crippen LogP contribution in [-0.2, 0) is 39.3 Å². The first-order chi connectivity index (χ1) is 24.8. The van der Waals surface area contributed by atoms with E-state index in [0.29, 0.717) is 47.2 Å². The number of hydrogen-bond acceptors (Lipinski definition) is 5. The summed E-state index contributed by atoms with van der Waals surface area (Å²) in [7, 11) is 0. The van der Waals surface area contributed by atoms with E-state index in [1.807, 2.05) is 31.0 Å². The topological polar surface area (TPSA) is 45.9 Å². The van der Waals surface area contributed by atoms with Gasteiger partial charge in [0.05, 0.1) is 19.1 Å². The van der Waals surface area contributed by atoms with Gasteiger partial charge < -0.3 is 14.5 Å². The molecular formula is C41H39N5OPt. The summed E-state index contributed by atoms with van der Waals surface area (Å²) >= 11 is 0. The van der Waals surface area contributed by atoms with Crippen LogP contribution >= 0.6 is 0 Å². The molecule has 0 bridgehead atoms. The molecule has 0 fully saturated rings. The summed E-state index contributed by atoms with van der Waals surface area (Å²) in [4.78, 5) is 17.7. The Morgan fingerprint density at radius 1 is 0.896 bits per heavy atom. The van der Waals surface area contributed by atoms with Crippen LogP contribution in [0.4, 0.5) is 28.7 Å². The van der Waals surface area contributed by atoms with E-state index in [2.05, 4.69) is 60.8 Å². The average Bonchev–Trinajstić information content (AvgIpc) is 3.14. The minimum atomic E-state index is -0.431. The van der Waals surface area contributed by atoms with Gasteiger partial charge in [0.25, 0.3) is 0 Å². The SMILES string of the molecule is [2H]c1c([2H])c([2H])c(-c2cnc(N3CCCc4c3[c-]c(Oc3[c-]c5c(cc3)CCCN5c3cc(C(C)(C)C)ccn3)cc4[N+]#[C-])c(C)c2C)c([2H])c1[2H].[Pt+2]. The second kappa shape index (κ2) is 13.6. The Kier molecular flexibility index (Phi) is 7.77. The molecular weight excluding hydrogens is 774 g/mol. The Labute approximate surface area is 305 Å². The number of nitrogens with zero attached hydrogens (tertiary/aromatic N) is 5. The first-order valence-corrected chi connectivity index (χ1v) is 16.0. The normalized spacial score (nSPS) is 15.5. The number of aryl methyl sites for hydroxylation is 1. The molecule has 7 heteroatoms. The second-order valence-corrected chi connectivity index (χ2v) is 13.2. The van der Waals surface area contributed by atoms with Gasteiger partial charge >= 0.3 is 21.1 Å². The van der Waals surface area contributed by atoms with Crippen LogP contribution < -0.4 is 14.5 Å². The number of hydrogen-bond donors (Lipinski definition) is 0. The van der Waals surface area contributed by atoms with E-state index in [0.717, 1.165) is 54.0 Å². The minimum absolute atomic E-state index is 0. The Hall–Kier alpha value is -4.46. The molecule has 4 heterocycles. The molecule has 0 saturated carbocycles. The Morgan fingerprint density at radius 2 is 1.65 bits per heavy atom. The first kappa shape index (κ1) is 27.5. The van der Waals surface area contributed by atoms with E-state index in [1.54, 1.807) is 12.3 Å². The summed E-state index contributed by atoms with van der Waals surface area (Å²) in [5.41, 5.74) is 7.53. The number of anilines is 4. The zero-order chi connectivity index (χ0) is 37.1.